The third kappa shape index (κ3) is 3.61. The van der Waals surface area contributed by atoms with E-state index >= 15 is 0 Å². The van der Waals surface area contributed by atoms with Crippen molar-refractivity contribution in [3.05, 3.63) is 60.0 Å². The van der Waals surface area contributed by atoms with Gasteiger partial charge >= 0.3 is 5.97 Å². The zero-order chi connectivity index (χ0) is 18.1. The number of oxazole rings is 1. The Morgan fingerprint density at radius 3 is 2.77 bits per heavy atom. The smallest absolute Gasteiger partial charge is 0.338 e. The van der Waals surface area contributed by atoms with E-state index in [1.54, 1.807) is 12.1 Å². The number of ether oxygens (including phenoxy) is 1. The molecule has 0 spiro atoms. The predicted octanol–water partition coefficient (Wildman–Crippen LogP) is 2.63. The molecule has 0 unspecified atom stereocenters. The zero-order valence-electron chi connectivity index (χ0n) is 13.7. The number of hydrogen-bond donors (Lipinski definition) is 1. The van der Waals surface area contributed by atoms with E-state index in [4.69, 9.17) is 9.15 Å². The van der Waals surface area contributed by atoms with Gasteiger partial charge in [-0.15, -0.1) is 0 Å². The standard InChI is InChI=1S/C18H16N2O5S/c21-18(24-11-17-19-15-6-1-2-7-16(15)25-17)12-4-3-5-14(10-12)26(22,23)20-13-8-9-13/h1-7,10,13,20H,8-9,11H2. The monoisotopic (exact) mass is 372 g/mol. The Morgan fingerprint density at radius 1 is 1.19 bits per heavy atom. The minimum Gasteiger partial charge on any atom is -0.452 e. The molecule has 0 aliphatic heterocycles. The van der Waals surface area contributed by atoms with Crippen LogP contribution in [0.3, 0.4) is 0 Å². The van der Waals surface area contributed by atoms with Crippen LogP contribution in [0.15, 0.2) is 57.8 Å². The van der Waals surface area contributed by atoms with Gasteiger partial charge < -0.3 is 9.15 Å². The fourth-order valence-corrected chi connectivity index (χ4v) is 3.82. The Morgan fingerprint density at radius 2 is 2.00 bits per heavy atom. The number of carbonyl (C=O) groups is 1. The van der Waals surface area contributed by atoms with Gasteiger partial charge in [-0.1, -0.05) is 18.2 Å². The number of benzene rings is 2. The number of para-hydroxylation sites is 2. The summed E-state index contributed by atoms with van der Waals surface area (Å²) in [7, 11) is -3.63. The quantitative estimate of drug-likeness (QED) is 0.668. The third-order valence-electron chi connectivity index (χ3n) is 3.94. The van der Waals surface area contributed by atoms with Crippen molar-refractivity contribution in [2.75, 3.05) is 0 Å². The molecular formula is C18H16N2O5S. The number of carbonyl (C=O) groups excluding carboxylic acids is 1. The van der Waals surface area contributed by atoms with Crippen molar-refractivity contribution in [3.8, 4) is 0 Å². The highest BCUT2D eigenvalue weighted by Crippen LogP contribution is 2.23. The minimum absolute atomic E-state index is 0.00485. The molecule has 0 atom stereocenters. The summed E-state index contributed by atoms with van der Waals surface area (Å²) in [5, 5.41) is 0. The average molecular weight is 372 g/mol. The summed E-state index contributed by atoms with van der Waals surface area (Å²) in [6, 6.07) is 13.0. The number of fused-ring (bicyclic) bond motifs is 1. The van der Waals surface area contributed by atoms with Gasteiger partial charge in [-0.25, -0.2) is 22.9 Å². The number of esters is 1. The topological polar surface area (TPSA) is 98.5 Å². The largest absolute Gasteiger partial charge is 0.452 e. The lowest BCUT2D eigenvalue weighted by Gasteiger charge is -2.07. The summed E-state index contributed by atoms with van der Waals surface area (Å²) in [5.74, 6) is -0.366. The Hall–Kier alpha value is -2.71. The van der Waals surface area contributed by atoms with Gasteiger partial charge in [0.25, 0.3) is 0 Å². The van der Waals surface area contributed by atoms with Crippen LogP contribution < -0.4 is 4.72 Å². The van der Waals surface area contributed by atoms with E-state index in [0.717, 1.165) is 12.8 Å². The van der Waals surface area contributed by atoms with E-state index in [2.05, 4.69) is 9.71 Å². The minimum atomic E-state index is -3.63. The van der Waals surface area contributed by atoms with Crippen molar-refractivity contribution in [1.82, 2.24) is 9.71 Å². The van der Waals surface area contributed by atoms with Gasteiger partial charge in [0.05, 0.1) is 10.5 Å². The Balaban J connectivity index is 1.46. The van der Waals surface area contributed by atoms with Crippen LogP contribution in [0.25, 0.3) is 11.1 Å². The number of nitrogens with zero attached hydrogens (tertiary/aromatic N) is 1. The maximum Gasteiger partial charge on any atom is 0.338 e. The SMILES string of the molecule is O=C(OCc1nc2ccccc2o1)c1cccc(S(=O)(=O)NC2CC2)c1. The normalized spacial score (nSPS) is 14.5. The summed E-state index contributed by atoms with van der Waals surface area (Å²) in [6.07, 6.45) is 1.68. The molecule has 1 aliphatic carbocycles. The van der Waals surface area contributed by atoms with Crippen LogP contribution >= 0.6 is 0 Å². The van der Waals surface area contributed by atoms with Crippen LogP contribution in [0.5, 0.6) is 0 Å². The molecule has 2 aromatic carbocycles. The fraction of sp³-hybridized carbons (Fsp3) is 0.222. The fourth-order valence-electron chi connectivity index (χ4n) is 2.47. The van der Waals surface area contributed by atoms with Crippen LogP contribution in [0.4, 0.5) is 0 Å². The molecule has 1 aromatic heterocycles. The van der Waals surface area contributed by atoms with Crippen molar-refractivity contribution in [3.63, 3.8) is 0 Å². The molecular weight excluding hydrogens is 356 g/mol. The Labute approximate surface area is 150 Å². The number of aromatic nitrogens is 1. The molecule has 0 saturated heterocycles. The summed E-state index contributed by atoms with van der Waals surface area (Å²) in [5.41, 5.74) is 1.44. The molecule has 0 radical (unpaired) electrons. The maximum atomic E-state index is 12.2. The van der Waals surface area contributed by atoms with E-state index in [1.807, 2.05) is 12.1 Å². The Bertz CT molecular complexity index is 1040. The van der Waals surface area contributed by atoms with Crippen molar-refractivity contribution in [2.24, 2.45) is 0 Å². The van der Waals surface area contributed by atoms with Crippen molar-refractivity contribution in [1.29, 1.82) is 0 Å². The second-order valence-electron chi connectivity index (χ2n) is 6.07. The van der Waals surface area contributed by atoms with E-state index < -0.39 is 16.0 Å². The first-order chi connectivity index (χ1) is 12.5. The lowest BCUT2D eigenvalue weighted by Crippen LogP contribution is -2.25. The van der Waals surface area contributed by atoms with Crippen molar-refractivity contribution >= 4 is 27.1 Å². The number of rotatable bonds is 6. The third-order valence-corrected chi connectivity index (χ3v) is 5.46. The van der Waals surface area contributed by atoms with E-state index in [9.17, 15) is 13.2 Å². The van der Waals surface area contributed by atoms with Gasteiger partial charge in [-0.3, -0.25) is 0 Å². The molecule has 26 heavy (non-hydrogen) atoms. The molecule has 7 nitrogen and oxygen atoms in total. The zero-order valence-corrected chi connectivity index (χ0v) is 14.5. The first kappa shape index (κ1) is 16.7. The van der Waals surface area contributed by atoms with Gasteiger partial charge in [0.1, 0.15) is 5.52 Å². The van der Waals surface area contributed by atoms with E-state index in [0.29, 0.717) is 11.1 Å². The molecule has 0 amide bonds. The Kier molecular flexibility index (Phi) is 4.21. The van der Waals surface area contributed by atoms with Gasteiger partial charge in [0, 0.05) is 6.04 Å². The highest BCUT2D eigenvalue weighted by molar-refractivity contribution is 7.89. The van der Waals surface area contributed by atoms with Gasteiger partial charge in [-0.05, 0) is 43.2 Å². The molecule has 1 heterocycles. The van der Waals surface area contributed by atoms with Crippen LogP contribution in [0.1, 0.15) is 29.1 Å². The van der Waals surface area contributed by atoms with Gasteiger partial charge in [0.2, 0.25) is 15.9 Å². The highest BCUT2D eigenvalue weighted by atomic mass is 32.2. The summed E-state index contributed by atoms with van der Waals surface area (Å²) >= 11 is 0. The summed E-state index contributed by atoms with van der Waals surface area (Å²) in [4.78, 5) is 16.5. The second-order valence-corrected chi connectivity index (χ2v) is 7.79. The molecule has 1 saturated carbocycles. The molecule has 134 valence electrons. The van der Waals surface area contributed by atoms with Crippen molar-refractivity contribution < 1.29 is 22.4 Å². The van der Waals surface area contributed by atoms with Crippen LogP contribution in [-0.4, -0.2) is 25.4 Å². The molecule has 1 aliphatic rings. The average Bonchev–Trinajstić information content (AvgIpc) is 3.34. The lowest BCUT2D eigenvalue weighted by atomic mass is 10.2. The molecule has 4 rings (SSSR count). The maximum absolute atomic E-state index is 12.2. The number of nitrogens with one attached hydrogen (secondary N) is 1. The van der Waals surface area contributed by atoms with E-state index in [1.165, 1.54) is 24.3 Å². The second kappa shape index (κ2) is 6.54. The molecule has 8 heteroatoms. The lowest BCUT2D eigenvalue weighted by molar-refractivity contribution is 0.0440. The highest BCUT2D eigenvalue weighted by Gasteiger charge is 2.28. The molecule has 3 aromatic rings. The first-order valence-electron chi connectivity index (χ1n) is 8.15. The number of sulfonamides is 1. The molecule has 1 N–H and O–H groups in total. The van der Waals surface area contributed by atoms with Crippen LogP contribution in [-0.2, 0) is 21.4 Å². The van der Waals surface area contributed by atoms with Crippen LogP contribution in [0.2, 0.25) is 0 Å². The number of hydrogen-bond acceptors (Lipinski definition) is 6. The van der Waals surface area contributed by atoms with Crippen molar-refractivity contribution in [2.45, 2.75) is 30.4 Å². The van der Waals surface area contributed by atoms with E-state index in [-0.39, 0.29) is 29.0 Å². The summed E-state index contributed by atoms with van der Waals surface area (Å²) < 4.78 is 37.8. The predicted molar refractivity (Wildman–Crippen MR) is 92.9 cm³/mol. The molecule has 0 bridgehead atoms. The summed E-state index contributed by atoms with van der Waals surface area (Å²) in [6.45, 7) is -0.134. The van der Waals surface area contributed by atoms with Gasteiger partial charge in [-0.2, -0.15) is 0 Å². The van der Waals surface area contributed by atoms with Crippen LogP contribution in [0, 0.1) is 0 Å². The molecule has 1 fully saturated rings. The van der Waals surface area contributed by atoms with Gasteiger partial charge in [0.15, 0.2) is 12.2 Å². The first-order valence-corrected chi connectivity index (χ1v) is 9.63.